The number of benzene rings is 2. The highest BCUT2D eigenvalue weighted by Crippen LogP contribution is 2.31. The van der Waals surface area contributed by atoms with Crippen molar-refractivity contribution < 1.29 is 23.8 Å². The molecule has 2 aromatic rings. The number of carbonyl (C=O) groups is 2. The number of hydrogen-bond donors (Lipinski definition) is 1. The molecular formula is C28H36N4O5. The first-order chi connectivity index (χ1) is 18.0. The van der Waals surface area contributed by atoms with Crippen LogP contribution in [0.1, 0.15) is 43.7 Å². The lowest BCUT2D eigenvalue weighted by Gasteiger charge is -2.29. The Morgan fingerprint density at radius 3 is 2.46 bits per heavy atom. The second-order valence-corrected chi connectivity index (χ2v) is 9.32. The zero-order valence-electron chi connectivity index (χ0n) is 21.9. The topological polar surface area (TPSA) is 92.7 Å². The Morgan fingerprint density at radius 1 is 1.05 bits per heavy atom. The zero-order chi connectivity index (χ0) is 26.2. The molecule has 37 heavy (non-hydrogen) atoms. The van der Waals surface area contributed by atoms with Crippen molar-refractivity contribution in [3.05, 3.63) is 53.6 Å². The van der Waals surface area contributed by atoms with Gasteiger partial charge in [0.05, 0.1) is 26.5 Å². The van der Waals surface area contributed by atoms with E-state index in [2.05, 4.69) is 17.1 Å². The normalized spacial score (nSPS) is 17.9. The summed E-state index contributed by atoms with van der Waals surface area (Å²) in [5.74, 6) is 1.29. The van der Waals surface area contributed by atoms with Crippen molar-refractivity contribution in [1.82, 2.24) is 9.91 Å². The van der Waals surface area contributed by atoms with Crippen LogP contribution >= 0.6 is 0 Å². The molecule has 2 heterocycles. The highest BCUT2D eigenvalue weighted by molar-refractivity contribution is 6.06. The van der Waals surface area contributed by atoms with E-state index >= 15 is 0 Å². The third kappa shape index (κ3) is 6.80. The molecule has 0 bridgehead atoms. The molecule has 1 saturated heterocycles. The molecule has 1 unspecified atom stereocenters. The summed E-state index contributed by atoms with van der Waals surface area (Å²) in [4.78, 5) is 27.3. The number of nitrogens with one attached hydrogen (secondary N) is 1. The summed E-state index contributed by atoms with van der Waals surface area (Å²) in [6.07, 6.45) is 3.16. The largest absolute Gasteiger partial charge is 0.493 e. The van der Waals surface area contributed by atoms with E-state index in [1.165, 1.54) is 17.9 Å². The summed E-state index contributed by atoms with van der Waals surface area (Å²) in [6.45, 7) is 5.69. The Kier molecular flexibility index (Phi) is 9.00. The van der Waals surface area contributed by atoms with E-state index in [0.29, 0.717) is 36.8 Å². The summed E-state index contributed by atoms with van der Waals surface area (Å²) in [7, 11) is 3.20. The summed E-state index contributed by atoms with van der Waals surface area (Å²) in [6, 6.07) is 13.1. The molecule has 4 rings (SSSR count). The molecule has 9 nitrogen and oxygen atoms in total. The van der Waals surface area contributed by atoms with E-state index < -0.39 is 6.09 Å². The number of anilines is 1. The van der Waals surface area contributed by atoms with Gasteiger partial charge in [0, 0.05) is 30.1 Å². The molecule has 0 aromatic heterocycles. The quantitative estimate of drug-likeness (QED) is 0.508. The van der Waals surface area contributed by atoms with E-state index in [9.17, 15) is 9.59 Å². The molecular weight excluding hydrogens is 472 g/mol. The maximum Gasteiger partial charge on any atom is 0.411 e. The highest BCUT2D eigenvalue weighted by Gasteiger charge is 2.29. The predicted octanol–water partition coefficient (Wildman–Crippen LogP) is 4.51. The maximum absolute atomic E-state index is 12.9. The number of carbonyl (C=O) groups excluding carboxylic acids is 2. The van der Waals surface area contributed by atoms with Gasteiger partial charge in [0.1, 0.15) is 6.61 Å². The number of ether oxygens (including phenoxy) is 3. The fourth-order valence-electron chi connectivity index (χ4n) is 4.72. The molecule has 2 aliphatic rings. The Bertz CT molecular complexity index is 1110. The van der Waals surface area contributed by atoms with Crippen LogP contribution in [0, 0.1) is 5.92 Å². The van der Waals surface area contributed by atoms with Crippen LogP contribution < -0.4 is 14.8 Å². The van der Waals surface area contributed by atoms with Gasteiger partial charge in [-0.25, -0.2) is 9.80 Å². The molecule has 198 valence electrons. The van der Waals surface area contributed by atoms with Crippen LogP contribution in [0.2, 0.25) is 0 Å². The van der Waals surface area contributed by atoms with E-state index in [1.54, 1.807) is 26.4 Å². The monoisotopic (exact) mass is 508 g/mol. The summed E-state index contributed by atoms with van der Waals surface area (Å²) < 4.78 is 16.1. The Balaban J connectivity index is 1.39. The molecule has 0 spiro atoms. The smallest absolute Gasteiger partial charge is 0.411 e. The number of methoxy groups -OCH3 is 2. The van der Waals surface area contributed by atoms with Crippen LogP contribution in [0.25, 0.3) is 0 Å². The maximum atomic E-state index is 12.9. The van der Waals surface area contributed by atoms with Crippen LogP contribution in [0.3, 0.4) is 0 Å². The lowest BCUT2D eigenvalue weighted by molar-refractivity contribution is -0.133. The predicted molar refractivity (Wildman–Crippen MR) is 142 cm³/mol. The molecule has 9 heteroatoms. The van der Waals surface area contributed by atoms with Gasteiger partial charge in [0.25, 0.3) is 0 Å². The first-order valence-corrected chi connectivity index (χ1v) is 12.9. The van der Waals surface area contributed by atoms with Crippen LogP contribution in [0.15, 0.2) is 47.6 Å². The van der Waals surface area contributed by atoms with Gasteiger partial charge in [0.2, 0.25) is 5.91 Å². The van der Waals surface area contributed by atoms with Crippen LogP contribution in [-0.4, -0.2) is 68.1 Å². The van der Waals surface area contributed by atoms with Crippen molar-refractivity contribution in [3.63, 3.8) is 0 Å². The van der Waals surface area contributed by atoms with Crippen molar-refractivity contribution in [3.8, 4) is 11.5 Å². The lowest BCUT2D eigenvalue weighted by atomic mass is 9.89. The van der Waals surface area contributed by atoms with E-state index in [1.807, 2.05) is 30.3 Å². The number of likely N-dealkylation sites (tertiary alicyclic amines) is 1. The minimum atomic E-state index is -0.465. The van der Waals surface area contributed by atoms with Gasteiger partial charge in [-0.3, -0.25) is 15.0 Å². The number of amides is 2. The van der Waals surface area contributed by atoms with E-state index in [0.717, 1.165) is 42.9 Å². The van der Waals surface area contributed by atoms with Crippen LogP contribution in [0.4, 0.5) is 10.5 Å². The fourth-order valence-corrected chi connectivity index (χ4v) is 4.72. The number of hydrogen-bond acceptors (Lipinski definition) is 7. The van der Waals surface area contributed by atoms with Gasteiger partial charge in [-0.05, 0) is 68.2 Å². The minimum Gasteiger partial charge on any atom is -0.493 e. The van der Waals surface area contributed by atoms with Crippen molar-refractivity contribution in [1.29, 1.82) is 0 Å². The van der Waals surface area contributed by atoms with Crippen molar-refractivity contribution in [2.24, 2.45) is 11.0 Å². The second-order valence-electron chi connectivity index (χ2n) is 9.32. The van der Waals surface area contributed by atoms with Gasteiger partial charge in [-0.1, -0.05) is 19.1 Å². The van der Waals surface area contributed by atoms with Crippen molar-refractivity contribution in [2.45, 2.75) is 39.2 Å². The van der Waals surface area contributed by atoms with Gasteiger partial charge in [0.15, 0.2) is 11.5 Å². The van der Waals surface area contributed by atoms with Crippen LogP contribution in [0.5, 0.6) is 11.5 Å². The van der Waals surface area contributed by atoms with E-state index in [4.69, 9.17) is 19.3 Å². The van der Waals surface area contributed by atoms with Crippen molar-refractivity contribution in [2.75, 3.05) is 45.8 Å². The molecule has 2 amide bonds. The van der Waals surface area contributed by atoms with Crippen LogP contribution in [-0.2, 0) is 16.1 Å². The Morgan fingerprint density at radius 2 is 1.78 bits per heavy atom. The number of rotatable bonds is 10. The Hall–Kier alpha value is -3.59. The number of hydrazone groups is 1. The molecule has 1 N–H and O–H groups in total. The van der Waals surface area contributed by atoms with Gasteiger partial charge >= 0.3 is 6.09 Å². The average molecular weight is 509 g/mol. The molecule has 1 fully saturated rings. The fraction of sp³-hybridized carbons (Fsp3) is 0.464. The molecule has 0 radical (unpaired) electrons. The molecule has 2 aliphatic heterocycles. The highest BCUT2D eigenvalue weighted by atomic mass is 16.5. The molecule has 2 aromatic carbocycles. The molecule has 0 saturated carbocycles. The minimum absolute atomic E-state index is 0.0140. The third-order valence-corrected chi connectivity index (χ3v) is 6.87. The summed E-state index contributed by atoms with van der Waals surface area (Å²) in [5.41, 5.74) is 3.31. The number of nitrogens with zero attached hydrogens (tertiary/aromatic N) is 3. The summed E-state index contributed by atoms with van der Waals surface area (Å²) >= 11 is 0. The first kappa shape index (κ1) is 26.5. The standard InChI is InChI=1S/C28H36N4O5/c1-4-21-18-26(33)32(30-27(21)22-9-12-24(35-2)25(17-22)36-3)19-20-7-10-23(11-8-20)29-28(34)37-16-15-31-13-5-6-14-31/h7-12,17,21H,4-6,13-16,18-19H2,1-3H3,(H,29,34). The van der Waals surface area contributed by atoms with E-state index in [-0.39, 0.29) is 11.8 Å². The SMILES string of the molecule is CCC1CC(=O)N(Cc2ccc(NC(=O)OCCN3CCCC3)cc2)N=C1c1ccc(OC)c(OC)c1. The van der Waals surface area contributed by atoms with Gasteiger partial charge < -0.3 is 14.2 Å². The summed E-state index contributed by atoms with van der Waals surface area (Å²) in [5, 5.41) is 9.04. The lowest BCUT2D eigenvalue weighted by Crippen LogP contribution is -2.36. The average Bonchev–Trinajstić information content (AvgIpc) is 3.44. The zero-order valence-corrected chi connectivity index (χ0v) is 21.9. The molecule has 1 atom stereocenters. The second kappa shape index (κ2) is 12.6. The Labute approximate surface area is 218 Å². The third-order valence-electron chi connectivity index (χ3n) is 6.87. The first-order valence-electron chi connectivity index (χ1n) is 12.9. The van der Waals surface area contributed by atoms with Gasteiger partial charge in [-0.2, -0.15) is 5.10 Å². The van der Waals surface area contributed by atoms with Gasteiger partial charge in [-0.15, -0.1) is 0 Å². The van der Waals surface area contributed by atoms with Crippen molar-refractivity contribution >= 4 is 23.4 Å². The molecule has 0 aliphatic carbocycles.